The predicted octanol–water partition coefficient (Wildman–Crippen LogP) is 1.83. The predicted molar refractivity (Wildman–Crippen MR) is 90.0 cm³/mol. The van der Waals surface area contributed by atoms with Crippen molar-refractivity contribution in [3.63, 3.8) is 0 Å². The Morgan fingerprint density at radius 3 is 2.52 bits per heavy atom. The maximum Gasteiger partial charge on any atom is 0.241 e. The molecule has 23 heavy (non-hydrogen) atoms. The van der Waals surface area contributed by atoms with E-state index in [1.807, 2.05) is 6.07 Å². The minimum atomic E-state index is -3.75. The van der Waals surface area contributed by atoms with E-state index in [9.17, 15) is 13.2 Å². The lowest BCUT2D eigenvalue weighted by molar-refractivity contribution is -0.122. The normalized spacial score (nSPS) is 12.6. The van der Waals surface area contributed by atoms with E-state index in [4.69, 9.17) is 0 Å². The Labute approximate surface area is 143 Å². The first-order chi connectivity index (χ1) is 10.9. The van der Waals surface area contributed by atoms with Gasteiger partial charge in [-0.15, -0.1) is 0 Å². The number of nitrogens with one attached hydrogen (secondary N) is 2. The molecule has 0 fully saturated rings. The number of nitrogens with zero attached hydrogens (tertiary/aromatic N) is 1. The molecule has 6 nitrogen and oxygen atoms in total. The minimum absolute atomic E-state index is 0.102. The Morgan fingerprint density at radius 2 is 1.91 bits per heavy atom. The SMILES string of the molecule is C[C@H](NS(=O)(=O)c1ccc(Br)cc1)C(=O)NCc1ccccn1. The Hall–Kier alpha value is -1.77. The van der Waals surface area contributed by atoms with Crippen LogP contribution in [0.1, 0.15) is 12.6 Å². The summed E-state index contributed by atoms with van der Waals surface area (Å²) in [5, 5.41) is 2.65. The standard InChI is InChI=1S/C15H16BrN3O3S/c1-11(15(20)18-10-13-4-2-3-9-17-13)19-23(21,22)14-7-5-12(16)6-8-14/h2-9,11,19H,10H2,1H3,(H,18,20)/t11-/m0/s1. The molecule has 2 aromatic rings. The van der Waals surface area contributed by atoms with Crippen LogP contribution >= 0.6 is 15.9 Å². The number of amides is 1. The fourth-order valence-electron chi connectivity index (χ4n) is 1.80. The number of pyridine rings is 1. The van der Waals surface area contributed by atoms with Crippen molar-refractivity contribution in [1.82, 2.24) is 15.0 Å². The molecule has 2 N–H and O–H groups in total. The molecule has 0 unspecified atom stereocenters. The number of aromatic nitrogens is 1. The lowest BCUT2D eigenvalue weighted by Crippen LogP contribution is -2.44. The largest absolute Gasteiger partial charge is 0.349 e. The lowest BCUT2D eigenvalue weighted by atomic mass is 10.3. The van der Waals surface area contributed by atoms with Crippen molar-refractivity contribution in [2.75, 3.05) is 0 Å². The van der Waals surface area contributed by atoms with Gasteiger partial charge in [-0.2, -0.15) is 4.72 Å². The van der Waals surface area contributed by atoms with Gasteiger partial charge >= 0.3 is 0 Å². The van der Waals surface area contributed by atoms with E-state index in [1.54, 1.807) is 30.5 Å². The Morgan fingerprint density at radius 1 is 1.22 bits per heavy atom. The van der Waals surface area contributed by atoms with Gasteiger partial charge < -0.3 is 5.32 Å². The molecule has 1 heterocycles. The summed E-state index contributed by atoms with van der Waals surface area (Å²) in [6.45, 7) is 1.73. The van der Waals surface area contributed by atoms with E-state index >= 15 is 0 Å². The molecule has 0 bridgehead atoms. The highest BCUT2D eigenvalue weighted by Gasteiger charge is 2.21. The summed E-state index contributed by atoms with van der Waals surface area (Å²) in [5.41, 5.74) is 0.698. The van der Waals surface area contributed by atoms with Crippen molar-refractivity contribution in [3.8, 4) is 0 Å². The molecule has 1 aromatic heterocycles. The van der Waals surface area contributed by atoms with Crippen molar-refractivity contribution >= 4 is 31.9 Å². The van der Waals surface area contributed by atoms with Crippen LogP contribution in [0.15, 0.2) is 58.0 Å². The number of benzene rings is 1. The average molecular weight is 398 g/mol. The summed E-state index contributed by atoms with van der Waals surface area (Å²) < 4.78 is 27.6. The molecule has 0 saturated carbocycles. The van der Waals surface area contributed by atoms with Crippen LogP contribution in [0.3, 0.4) is 0 Å². The molecule has 0 saturated heterocycles. The Kier molecular flexibility index (Phi) is 5.86. The second-order valence-electron chi connectivity index (χ2n) is 4.84. The van der Waals surface area contributed by atoms with Gasteiger partial charge in [0.15, 0.2) is 0 Å². The van der Waals surface area contributed by atoms with Gasteiger partial charge in [0.25, 0.3) is 0 Å². The molecular weight excluding hydrogens is 382 g/mol. The summed E-state index contributed by atoms with van der Waals surface area (Å²) in [5.74, 6) is -0.420. The van der Waals surface area contributed by atoms with Gasteiger partial charge in [-0.1, -0.05) is 22.0 Å². The quantitative estimate of drug-likeness (QED) is 0.777. The second kappa shape index (κ2) is 7.67. The van der Waals surface area contributed by atoms with Crippen molar-refractivity contribution in [1.29, 1.82) is 0 Å². The van der Waals surface area contributed by atoms with Crippen LogP contribution in [0.2, 0.25) is 0 Å². The molecule has 1 atom stereocenters. The number of hydrogen-bond donors (Lipinski definition) is 2. The first-order valence-corrected chi connectivity index (χ1v) is 9.11. The molecule has 1 aromatic carbocycles. The molecule has 0 aliphatic heterocycles. The number of halogens is 1. The van der Waals surface area contributed by atoms with Crippen molar-refractivity contribution in [2.24, 2.45) is 0 Å². The maximum absolute atomic E-state index is 12.2. The van der Waals surface area contributed by atoms with E-state index in [-0.39, 0.29) is 11.4 Å². The van der Waals surface area contributed by atoms with E-state index in [0.29, 0.717) is 5.69 Å². The van der Waals surface area contributed by atoms with Crippen LogP contribution in [0.5, 0.6) is 0 Å². The molecule has 0 aliphatic carbocycles. The molecule has 2 rings (SSSR count). The highest BCUT2D eigenvalue weighted by molar-refractivity contribution is 9.10. The number of sulfonamides is 1. The summed E-state index contributed by atoms with van der Waals surface area (Å²) in [6.07, 6.45) is 1.63. The van der Waals surface area contributed by atoms with E-state index in [0.717, 1.165) is 4.47 Å². The maximum atomic E-state index is 12.2. The number of hydrogen-bond acceptors (Lipinski definition) is 4. The van der Waals surface area contributed by atoms with Crippen LogP contribution in [0.4, 0.5) is 0 Å². The minimum Gasteiger partial charge on any atom is -0.349 e. The van der Waals surface area contributed by atoms with Gasteiger partial charge in [-0.3, -0.25) is 9.78 Å². The van der Waals surface area contributed by atoms with Gasteiger partial charge in [0.2, 0.25) is 15.9 Å². The number of rotatable bonds is 6. The van der Waals surface area contributed by atoms with Crippen LogP contribution < -0.4 is 10.0 Å². The molecule has 1 amide bonds. The van der Waals surface area contributed by atoms with Crippen LogP contribution in [-0.4, -0.2) is 25.4 Å². The van der Waals surface area contributed by atoms with Gasteiger partial charge in [0.05, 0.1) is 23.2 Å². The van der Waals surface area contributed by atoms with Crippen LogP contribution in [0, 0.1) is 0 Å². The van der Waals surface area contributed by atoms with Gasteiger partial charge in [0, 0.05) is 10.7 Å². The van der Waals surface area contributed by atoms with Crippen LogP contribution in [-0.2, 0) is 21.4 Å². The zero-order valence-corrected chi connectivity index (χ0v) is 14.8. The second-order valence-corrected chi connectivity index (χ2v) is 7.47. The highest BCUT2D eigenvalue weighted by Crippen LogP contribution is 2.14. The fourth-order valence-corrected chi connectivity index (χ4v) is 3.27. The van der Waals surface area contributed by atoms with E-state index in [1.165, 1.54) is 19.1 Å². The van der Waals surface area contributed by atoms with Crippen LogP contribution in [0.25, 0.3) is 0 Å². The number of carbonyl (C=O) groups excluding carboxylic acids is 1. The molecule has 0 aliphatic rings. The third-order valence-corrected chi connectivity index (χ3v) is 5.10. The smallest absolute Gasteiger partial charge is 0.241 e. The summed E-state index contributed by atoms with van der Waals surface area (Å²) in [4.78, 5) is 16.2. The zero-order chi connectivity index (χ0) is 16.9. The third kappa shape index (κ3) is 5.12. The monoisotopic (exact) mass is 397 g/mol. The molecule has 122 valence electrons. The summed E-state index contributed by atoms with van der Waals surface area (Å²) in [6, 6.07) is 10.6. The first kappa shape index (κ1) is 17.6. The molecular formula is C15H16BrN3O3S. The van der Waals surface area contributed by atoms with Crippen molar-refractivity contribution in [2.45, 2.75) is 24.4 Å². The molecule has 8 heteroatoms. The zero-order valence-electron chi connectivity index (χ0n) is 12.4. The van der Waals surface area contributed by atoms with Gasteiger partial charge in [0.1, 0.15) is 0 Å². The highest BCUT2D eigenvalue weighted by atomic mass is 79.9. The number of carbonyl (C=O) groups is 1. The third-order valence-electron chi connectivity index (χ3n) is 3.02. The first-order valence-electron chi connectivity index (χ1n) is 6.84. The van der Waals surface area contributed by atoms with Gasteiger partial charge in [-0.25, -0.2) is 8.42 Å². The lowest BCUT2D eigenvalue weighted by Gasteiger charge is -2.14. The fraction of sp³-hybridized carbons (Fsp3) is 0.200. The molecule has 0 spiro atoms. The Bertz CT molecular complexity index is 764. The summed E-state index contributed by atoms with van der Waals surface area (Å²) >= 11 is 3.24. The van der Waals surface area contributed by atoms with Gasteiger partial charge in [-0.05, 0) is 43.3 Å². The topological polar surface area (TPSA) is 88.2 Å². The van der Waals surface area contributed by atoms with Crippen molar-refractivity contribution < 1.29 is 13.2 Å². The van der Waals surface area contributed by atoms with E-state index in [2.05, 4.69) is 31.0 Å². The average Bonchev–Trinajstić information content (AvgIpc) is 2.53. The Balaban J connectivity index is 1.96. The molecule has 0 radical (unpaired) electrons. The summed E-state index contributed by atoms with van der Waals surface area (Å²) in [7, 11) is -3.75. The van der Waals surface area contributed by atoms with E-state index < -0.39 is 22.0 Å². The van der Waals surface area contributed by atoms with Crippen molar-refractivity contribution in [3.05, 3.63) is 58.8 Å².